The second-order valence-corrected chi connectivity index (χ2v) is 12.0. The van der Waals surface area contributed by atoms with Crippen molar-refractivity contribution >= 4 is 11.7 Å². The van der Waals surface area contributed by atoms with E-state index in [2.05, 4.69) is 5.32 Å². The predicted octanol–water partition coefficient (Wildman–Crippen LogP) is -5.50. The fourth-order valence-electron chi connectivity index (χ4n) is 5.56. The SMILES string of the molecule is CCNC(=O)CCCCC(=O)CCCO[C@@H]1O[C@H](CO[C@H]2O[C@H](CO)[C@@H](O)[C@H](O)[C@@H]2O)[C@@H](O)[C@H](O[C@H]2O[C@H](CO)[C@@H](O)[C@H](O)[C@@H]2O)[C@@H]1O. The first-order valence-corrected chi connectivity index (χ1v) is 16.1. The van der Waals surface area contributed by atoms with Gasteiger partial charge in [-0.2, -0.15) is 0 Å². The summed E-state index contributed by atoms with van der Waals surface area (Å²) in [6.07, 6.45) is -22.7. The van der Waals surface area contributed by atoms with Gasteiger partial charge < -0.3 is 84.8 Å². The number of amides is 1. The van der Waals surface area contributed by atoms with Gasteiger partial charge in [0.2, 0.25) is 5.91 Å². The van der Waals surface area contributed by atoms with Crippen molar-refractivity contribution in [2.24, 2.45) is 0 Å². The van der Waals surface area contributed by atoms with Crippen LogP contribution in [-0.4, -0.2) is 188 Å². The summed E-state index contributed by atoms with van der Waals surface area (Å²) < 4.78 is 33.2. The zero-order chi connectivity index (χ0) is 35.5. The van der Waals surface area contributed by atoms with E-state index in [0.717, 1.165) is 0 Å². The maximum atomic E-state index is 12.3. The van der Waals surface area contributed by atoms with E-state index in [4.69, 9.17) is 28.4 Å². The number of aliphatic hydroxyl groups excluding tert-OH is 10. The maximum absolute atomic E-state index is 12.3. The van der Waals surface area contributed by atoms with Crippen LogP contribution in [0.25, 0.3) is 0 Å². The first kappa shape index (κ1) is 40.9. The molecule has 15 atom stereocenters. The highest BCUT2D eigenvalue weighted by molar-refractivity contribution is 5.78. The Bertz CT molecular complexity index is 974. The summed E-state index contributed by atoms with van der Waals surface area (Å²) in [4.78, 5) is 23.8. The molecule has 0 aromatic heterocycles. The van der Waals surface area contributed by atoms with Gasteiger partial charge >= 0.3 is 0 Å². The molecule has 3 rings (SSSR count). The zero-order valence-electron chi connectivity index (χ0n) is 26.7. The van der Waals surface area contributed by atoms with Crippen molar-refractivity contribution in [3.63, 3.8) is 0 Å². The van der Waals surface area contributed by atoms with Crippen molar-refractivity contribution < 1.29 is 89.1 Å². The van der Waals surface area contributed by atoms with E-state index in [-0.39, 0.29) is 37.6 Å². The van der Waals surface area contributed by atoms with Crippen molar-refractivity contribution in [3.8, 4) is 0 Å². The molecule has 3 fully saturated rings. The number of hydrogen-bond donors (Lipinski definition) is 11. The molecule has 19 nitrogen and oxygen atoms in total. The highest BCUT2D eigenvalue weighted by Gasteiger charge is 2.52. The summed E-state index contributed by atoms with van der Waals surface area (Å²) in [5, 5.41) is 105. The molecule has 0 radical (unpaired) electrons. The third-order valence-electron chi connectivity index (χ3n) is 8.42. The number of rotatable bonds is 18. The Morgan fingerprint density at radius 2 is 1.12 bits per heavy atom. The molecular weight excluding hydrogens is 650 g/mol. The van der Waals surface area contributed by atoms with E-state index < -0.39 is 112 Å². The van der Waals surface area contributed by atoms with E-state index in [1.165, 1.54) is 0 Å². The van der Waals surface area contributed by atoms with E-state index in [0.29, 0.717) is 25.8 Å². The lowest BCUT2D eigenvalue weighted by Crippen LogP contribution is -2.65. The van der Waals surface area contributed by atoms with Gasteiger partial charge in [0.25, 0.3) is 0 Å². The molecule has 0 aromatic rings. The van der Waals surface area contributed by atoms with Gasteiger partial charge in [0.1, 0.15) is 79.0 Å². The van der Waals surface area contributed by atoms with Crippen molar-refractivity contribution in [1.29, 1.82) is 0 Å². The summed E-state index contributed by atoms with van der Waals surface area (Å²) in [6.45, 7) is 0.160. The molecule has 48 heavy (non-hydrogen) atoms. The number of Topliss-reactive ketones (excluding diaryl/α,β-unsaturated/α-hetero) is 1. The molecule has 0 saturated carbocycles. The lowest BCUT2D eigenvalue weighted by atomic mass is 9.96. The Labute approximate surface area is 276 Å². The van der Waals surface area contributed by atoms with Crippen LogP contribution < -0.4 is 5.32 Å². The number of ether oxygens (including phenoxy) is 6. The second kappa shape index (κ2) is 19.8. The van der Waals surface area contributed by atoms with E-state index >= 15 is 0 Å². The Kier molecular flexibility index (Phi) is 16.9. The van der Waals surface area contributed by atoms with Gasteiger partial charge in [-0.1, -0.05) is 0 Å². The number of carbonyl (C=O) groups is 2. The number of carbonyl (C=O) groups excluding carboxylic acids is 2. The van der Waals surface area contributed by atoms with E-state index in [1.54, 1.807) is 0 Å². The lowest BCUT2D eigenvalue weighted by Gasteiger charge is -2.46. The van der Waals surface area contributed by atoms with Crippen molar-refractivity contribution in [2.45, 2.75) is 138 Å². The van der Waals surface area contributed by atoms with Crippen LogP contribution in [0.3, 0.4) is 0 Å². The number of ketones is 1. The van der Waals surface area contributed by atoms with Crippen LogP contribution in [-0.2, 0) is 38.0 Å². The minimum Gasteiger partial charge on any atom is -0.394 e. The highest BCUT2D eigenvalue weighted by Crippen LogP contribution is 2.31. The van der Waals surface area contributed by atoms with Crippen LogP contribution in [0.2, 0.25) is 0 Å². The monoisotopic (exact) mass is 701 g/mol. The first-order chi connectivity index (χ1) is 22.8. The number of nitrogens with one attached hydrogen (secondary N) is 1. The van der Waals surface area contributed by atoms with Gasteiger partial charge in [-0.15, -0.1) is 0 Å². The average Bonchev–Trinajstić information content (AvgIpc) is 3.07. The minimum atomic E-state index is -1.87. The summed E-state index contributed by atoms with van der Waals surface area (Å²) in [5.41, 5.74) is 0. The number of aliphatic hydroxyl groups is 10. The van der Waals surface area contributed by atoms with Crippen molar-refractivity contribution in [2.75, 3.05) is 33.0 Å². The Hall–Kier alpha value is -1.50. The van der Waals surface area contributed by atoms with Gasteiger partial charge in [-0.05, 0) is 26.2 Å². The van der Waals surface area contributed by atoms with Gasteiger partial charge in [0.15, 0.2) is 18.9 Å². The lowest BCUT2D eigenvalue weighted by molar-refractivity contribution is -0.366. The molecule has 280 valence electrons. The summed E-state index contributed by atoms with van der Waals surface area (Å²) >= 11 is 0. The maximum Gasteiger partial charge on any atom is 0.219 e. The molecule has 0 spiro atoms. The largest absolute Gasteiger partial charge is 0.394 e. The van der Waals surface area contributed by atoms with Gasteiger partial charge in [-0.3, -0.25) is 9.59 Å². The topological polar surface area (TPSA) is 304 Å². The molecule has 19 heteroatoms. The molecule has 3 aliphatic rings. The third kappa shape index (κ3) is 10.8. The molecule has 0 aliphatic carbocycles. The van der Waals surface area contributed by atoms with Crippen LogP contribution in [0.1, 0.15) is 45.4 Å². The van der Waals surface area contributed by atoms with E-state index in [1.807, 2.05) is 6.92 Å². The van der Waals surface area contributed by atoms with Gasteiger partial charge in [0.05, 0.1) is 26.4 Å². The summed E-state index contributed by atoms with van der Waals surface area (Å²) in [5.74, 6) is -0.148. The Balaban J connectivity index is 1.63. The summed E-state index contributed by atoms with van der Waals surface area (Å²) in [6, 6.07) is 0. The molecule has 1 amide bonds. The number of hydrogen-bond acceptors (Lipinski definition) is 18. The van der Waals surface area contributed by atoms with Gasteiger partial charge in [0, 0.05) is 25.8 Å². The molecule has 3 heterocycles. The summed E-state index contributed by atoms with van der Waals surface area (Å²) in [7, 11) is 0. The quantitative estimate of drug-likeness (QED) is 0.0594. The molecule has 11 N–H and O–H groups in total. The predicted molar refractivity (Wildman–Crippen MR) is 156 cm³/mol. The molecule has 0 unspecified atom stereocenters. The van der Waals surface area contributed by atoms with E-state index in [9.17, 15) is 60.7 Å². The zero-order valence-corrected chi connectivity index (χ0v) is 26.7. The minimum absolute atomic E-state index is 0.0651. The van der Waals surface area contributed by atoms with Crippen LogP contribution in [0, 0.1) is 0 Å². The fraction of sp³-hybridized carbons (Fsp3) is 0.931. The average molecular weight is 702 g/mol. The molecule has 0 bridgehead atoms. The van der Waals surface area contributed by atoms with Crippen LogP contribution in [0.15, 0.2) is 0 Å². The fourth-order valence-corrected chi connectivity index (χ4v) is 5.56. The second-order valence-electron chi connectivity index (χ2n) is 12.0. The normalized spacial score (nSPS) is 40.4. The molecular formula is C29H51NO18. The number of unbranched alkanes of at least 4 members (excludes halogenated alkanes) is 1. The molecule has 3 saturated heterocycles. The van der Waals surface area contributed by atoms with Crippen molar-refractivity contribution in [1.82, 2.24) is 5.32 Å². The Morgan fingerprint density at radius 1 is 0.604 bits per heavy atom. The smallest absolute Gasteiger partial charge is 0.219 e. The van der Waals surface area contributed by atoms with Crippen LogP contribution in [0.5, 0.6) is 0 Å². The highest BCUT2D eigenvalue weighted by atomic mass is 16.7. The van der Waals surface area contributed by atoms with Gasteiger partial charge in [-0.25, -0.2) is 0 Å². The molecule has 0 aromatic carbocycles. The Morgan fingerprint density at radius 3 is 1.73 bits per heavy atom. The van der Waals surface area contributed by atoms with Crippen molar-refractivity contribution in [3.05, 3.63) is 0 Å². The third-order valence-corrected chi connectivity index (χ3v) is 8.42. The van der Waals surface area contributed by atoms with Crippen LogP contribution >= 0.6 is 0 Å². The first-order valence-electron chi connectivity index (χ1n) is 16.1. The van der Waals surface area contributed by atoms with Crippen LogP contribution in [0.4, 0.5) is 0 Å². The standard InChI is InChI=1S/C29H51NO18/c1-2-30-17(34)8-4-3-6-13(33)7-5-9-43-28-25(42)26(48-29-24(41)22(39)19(36)15(11-32)46-29)20(37)16(47-28)12-44-27-23(40)21(38)18(35)14(10-31)45-27/h14-16,18-29,31-32,35-42H,2-12H2,1H3,(H,30,34)/t14-,15-,16-,18-,19-,20-,21+,22+,23+,24+,25+,26+,27+,28-,29-/m1/s1. The molecule has 3 aliphatic heterocycles.